The van der Waals surface area contributed by atoms with Crippen molar-refractivity contribution in [1.82, 2.24) is 15.5 Å². The average molecular weight is 285 g/mol. The third-order valence-corrected chi connectivity index (χ3v) is 3.50. The van der Waals surface area contributed by atoms with Crippen molar-refractivity contribution in [3.8, 4) is 0 Å². The lowest BCUT2D eigenvalue weighted by atomic mass is 9.97. The zero-order chi connectivity index (χ0) is 15.1. The van der Waals surface area contributed by atoms with Crippen molar-refractivity contribution >= 4 is 17.9 Å². The van der Waals surface area contributed by atoms with Crippen LogP contribution in [-0.4, -0.2) is 54.1 Å². The van der Waals surface area contributed by atoms with E-state index in [2.05, 4.69) is 10.6 Å². The molecule has 1 saturated heterocycles. The van der Waals surface area contributed by atoms with Crippen molar-refractivity contribution in [1.29, 1.82) is 0 Å². The van der Waals surface area contributed by atoms with Crippen LogP contribution in [0.5, 0.6) is 0 Å². The highest BCUT2D eigenvalue weighted by atomic mass is 16.4. The Balaban J connectivity index is 2.57. The lowest BCUT2D eigenvalue weighted by Crippen LogP contribution is -2.52. The van der Waals surface area contributed by atoms with Gasteiger partial charge < -0.3 is 20.6 Å². The molecule has 1 aliphatic rings. The molecular weight excluding hydrogens is 262 g/mol. The Labute approximate surface area is 118 Å². The first kappa shape index (κ1) is 16.3. The molecule has 7 heteroatoms. The summed E-state index contributed by atoms with van der Waals surface area (Å²) in [7, 11) is 1.57. The van der Waals surface area contributed by atoms with Crippen LogP contribution in [0, 0.1) is 5.92 Å². The number of nitrogens with zero attached hydrogens (tertiary/aromatic N) is 1. The first-order chi connectivity index (χ1) is 9.49. The summed E-state index contributed by atoms with van der Waals surface area (Å²) in [5.74, 6) is -1.32. The minimum Gasteiger partial charge on any atom is -0.480 e. The molecule has 0 spiro atoms. The quantitative estimate of drug-likeness (QED) is 0.681. The van der Waals surface area contributed by atoms with E-state index in [1.807, 2.05) is 6.92 Å². The Morgan fingerprint density at radius 2 is 2.10 bits per heavy atom. The molecule has 0 aromatic carbocycles. The molecule has 0 bridgehead atoms. The minimum atomic E-state index is -1.03. The Kier molecular flexibility index (Phi) is 6.27. The van der Waals surface area contributed by atoms with E-state index < -0.39 is 18.0 Å². The summed E-state index contributed by atoms with van der Waals surface area (Å²) in [6.07, 6.45) is 2.57. The van der Waals surface area contributed by atoms with E-state index in [0.717, 1.165) is 12.8 Å². The molecule has 20 heavy (non-hydrogen) atoms. The van der Waals surface area contributed by atoms with Gasteiger partial charge in [-0.3, -0.25) is 4.79 Å². The van der Waals surface area contributed by atoms with Crippen LogP contribution in [0.15, 0.2) is 0 Å². The van der Waals surface area contributed by atoms with Gasteiger partial charge in [0.05, 0.1) is 5.92 Å². The van der Waals surface area contributed by atoms with E-state index in [9.17, 15) is 14.4 Å². The molecule has 1 aliphatic heterocycles. The molecule has 0 aromatic heterocycles. The Bertz CT molecular complexity index is 373. The molecule has 0 saturated carbocycles. The van der Waals surface area contributed by atoms with Crippen LogP contribution < -0.4 is 10.6 Å². The molecule has 2 unspecified atom stereocenters. The topological polar surface area (TPSA) is 98.7 Å². The predicted octanol–water partition coefficient (Wildman–Crippen LogP) is 0.407. The van der Waals surface area contributed by atoms with Gasteiger partial charge in [-0.1, -0.05) is 13.3 Å². The monoisotopic (exact) mass is 285 g/mol. The molecule has 114 valence electrons. The lowest BCUT2D eigenvalue weighted by Gasteiger charge is -2.32. The molecule has 0 radical (unpaired) electrons. The number of carboxylic acid groups (broad SMARTS) is 1. The fourth-order valence-electron chi connectivity index (χ4n) is 2.37. The zero-order valence-corrected chi connectivity index (χ0v) is 12.0. The number of nitrogens with one attached hydrogen (secondary N) is 2. The van der Waals surface area contributed by atoms with Crippen molar-refractivity contribution in [2.24, 2.45) is 5.92 Å². The molecule has 1 rings (SSSR count). The first-order valence-corrected chi connectivity index (χ1v) is 6.99. The SMILES string of the molecule is CCCC(NC(=O)N1CCCC(C(=O)NC)C1)C(=O)O. The van der Waals surface area contributed by atoms with Gasteiger partial charge in [-0.25, -0.2) is 9.59 Å². The normalized spacial score (nSPS) is 20.1. The number of hydrogen-bond donors (Lipinski definition) is 3. The largest absolute Gasteiger partial charge is 0.480 e. The fourth-order valence-corrected chi connectivity index (χ4v) is 2.37. The summed E-state index contributed by atoms with van der Waals surface area (Å²) in [4.78, 5) is 36.2. The summed E-state index contributed by atoms with van der Waals surface area (Å²) < 4.78 is 0. The van der Waals surface area contributed by atoms with Crippen LogP contribution >= 0.6 is 0 Å². The van der Waals surface area contributed by atoms with E-state index in [4.69, 9.17) is 5.11 Å². The summed E-state index contributed by atoms with van der Waals surface area (Å²) in [5, 5.41) is 14.1. The Morgan fingerprint density at radius 3 is 2.65 bits per heavy atom. The van der Waals surface area contributed by atoms with Crippen molar-refractivity contribution in [2.45, 2.75) is 38.6 Å². The highest BCUT2D eigenvalue weighted by molar-refractivity contribution is 5.84. The van der Waals surface area contributed by atoms with Gasteiger partial charge >= 0.3 is 12.0 Å². The number of hydrogen-bond acceptors (Lipinski definition) is 3. The number of likely N-dealkylation sites (tertiary alicyclic amines) is 1. The van der Waals surface area contributed by atoms with Crippen molar-refractivity contribution in [3.63, 3.8) is 0 Å². The second-order valence-corrected chi connectivity index (χ2v) is 5.03. The van der Waals surface area contributed by atoms with E-state index in [0.29, 0.717) is 25.9 Å². The smallest absolute Gasteiger partial charge is 0.326 e. The summed E-state index contributed by atoms with van der Waals surface area (Å²) in [6, 6.07) is -1.27. The van der Waals surface area contributed by atoms with Gasteiger partial charge in [0.2, 0.25) is 5.91 Å². The fraction of sp³-hybridized carbons (Fsp3) is 0.769. The van der Waals surface area contributed by atoms with Gasteiger partial charge in [0.15, 0.2) is 0 Å². The number of aliphatic carboxylic acids is 1. The zero-order valence-electron chi connectivity index (χ0n) is 12.0. The number of carboxylic acids is 1. The van der Waals surface area contributed by atoms with Crippen LogP contribution in [0.1, 0.15) is 32.6 Å². The summed E-state index contributed by atoms with van der Waals surface area (Å²) in [5.41, 5.74) is 0. The Morgan fingerprint density at radius 1 is 1.40 bits per heavy atom. The molecule has 1 fully saturated rings. The van der Waals surface area contributed by atoms with E-state index in [1.54, 1.807) is 7.05 Å². The maximum Gasteiger partial charge on any atom is 0.326 e. The Hall–Kier alpha value is -1.79. The van der Waals surface area contributed by atoms with Gasteiger partial charge in [-0.2, -0.15) is 0 Å². The third-order valence-electron chi connectivity index (χ3n) is 3.50. The third kappa shape index (κ3) is 4.40. The van der Waals surface area contributed by atoms with Crippen molar-refractivity contribution < 1.29 is 19.5 Å². The highest BCUT2D eigenvalue weighted by Gasteiger charge is 2.29. The second-order valence-electron chi connectivity index (χ2n) is 5.03. The van der Waals surface area contributed by atoms with Crippen LogP contribution in [0.25, 0.3) is 0 Å². The van der Waals surface area contributed by atoms with Crippen LogP contribution in [0.4, 0.5) is 4.79 Å². The molecular formula is C13H23N3O4. The number of urea groups is 1. The van der Waals surface area contributed by atoms with Gasteiger partial charge in [0, 0.05) is 20.1 Å². The lowest BCUT2D eigenvalue weighted by molar-refractivity contribution is -0.139. The van der Waals surface area contributed by atoms with Gasteiger partial charge in [-0.15, -0.1) is 0 Å². The van der Waals surface area contributed by atoms with Crippen molar-refractivity contribution in [2.75, 3.05) is 20.1 Å². The molecule has 1 heterocycles. The number of amides is 3. The molecule has 2 atom stereocenters. The van der Waals surface area contributed by atoms with E-state index >= 15 is 0 Å². The van der Waals surface area contributed by atoms with Gasteiger partial charge in [0.25, 0.3) is 0 Å². The first-order valence-electron chi connectivity index (χ1n) is 6.99. The number of rotatable bonds is 5. The second kappa shape index (κ2) is 7.72. The summed E-state index contributed by atoms with van der Waals surface area (Å²) >= 11 is 0. The summed E-state index contributed by atoms with van der Waals surface area (Å²) in [6.45, 7) is 2.76. The number of piperidine rings is 1. The van der Waals surface area contributed by atoms with E-state index in [1.165, 1.54) is 4.90 Å². The van der Waals surface area contributed by atoms with E-state index in [-0.39, 0.29) is 11.8 Å². The molecule has 0 aromatic rings. The van der Waals surface area contributed by atoms with Gasteiger partial charge in [-0.05, 0) is 19.3 Å². The maximum absolute atomic E-state index is 12.1. The maximum atomic E-state index is 12.1. The average Bonchev–Trinajstić information content (AvgIpc) is 2.45. The highest BCUT2D eigenvalue weighted by Crippen LogP contribution is 2.16. The molecule has 7 nitrogen and oxygen atoms in total. The van der Waals surface area contributed by atoms with Crippen LogP contribution in [-0.2, 0) is 9.59 Å². The van der Waals surface area contributed by atoms with Crippen LogP contribution in [0.3, 0.4) is 0 Å². The minimum absolute atomic E-state index is 0.0779. The molecule has 0 aliphatic carbocycles. The van der Waals surface area contributed by atoms with Crippen LogP contribution in [0.2, 0.25) is 0 Å². The van der Waals surface area contributed by atoms with Gasteiger partial charge in [0.1, 0.15) is 6.04 Å². The molecule has 3 N–H and O–H groups in total. The number of carbonyl (C=O) groups excluding carboxylic acids is 2. The predicted molar refractivity (Wildman–Crippen MR) is 73.2 cm³/mol. The molecule has 3 amide bonds. The standard InChI is InChI=1S/C13H23N3O4/c1-3-5-10(12(18)19)15-13(20)16-7-4-6-9(8-16)11(17)14-2/h9-10H,3-8H2,1-2H3,(H,14,17)(H,15,20)(H,18,19). The number of carbonyl (C=O) groups is 3. The van der Waals surface area contributed by atoms with Crippen molar-refractivity contribution in [3.05, 3.63) is 0 Å².